The van der Waals surface area contributed by atoms with Crippen LogP contribution in [0.4, 0.5) is 0 Å². The van der Waals surface area contributed by atoms with Crippen LogP contribution in [-0.4, -0.2) is 11.9 Å². The van der Waals surface area contributed by atoms with Gasteiger partial charge in [0.25, 0.3) is 0 Å². The highest BCUT2D eigenvalue weighted by atomic mass is 16.5. The summed E-state index contributed by atoms with van der Waals surface area (Å²) >= 11 is 0. The van der Waals surface area contributed by atoms with E-state index in [1.54, 1.807) is 6.92 Å². The van der Waals surface area contributed by atoms with Crippen LogP contribution in [0.3, 0.4) is 0 Å². The lowest BCUT2D eigenvalue weighted by Crippen LogP contribution is -2.14. The summed E-state index contributed by atoms with van der Waals surface area (Å²) in [4.78, 5) is 24.2. The molecule has 2 aromatic carbocycles. The van der Waals surface area contributed by atoms with Gasteiger partial charge in [0.1, 0.15) is 11.5 Å². The maximum Gasteiger partial charge on any atom is 0.338 e. The molecule has 0 radical (unpaired) electrons. The van der Waals surface area contributed by atoms with Crippen molar-refractivity contribution in [2.24, 2.45) is 0 Å². The Morgan fingerprint density at radius 3 is 2.41 bits per heavy atom. The predicted molar refractivity (Wildman–Crippen MR) is 104 cm³/mol. The predicted octanol–water partition coefficient (Wildman–Crippen LogP) is 5.09. The van der Waals surface area contributed by atoms with E-state index in [9.17, 15) is 9.59 Å². The van der Waals surface area contributed by atoms with Gasteiger partial charge in [-0.2, -0.15) is 0 Å². The van der Waals surface area contributed by atoms with Crippen molar-refractivity contribution in [2.75, 3.05) is 0 Å². The van der Waals surface area contributed by atoms with E-state index >= 15 is 0 Å². The second-order valence-electron chi connectivity index (χ2n) is 7.60. The number of ether oxygens (including phenoxy) is 2. The molecule has 0 saturated heterocycles. The molecule has 0 aromatic heterocycles. The third-order valence-corrected chi connectivity index (χ3v) is 5.46. The molecule has 2 bridgehead atoms. The van der Waals surface area contributed by atoms with E-state index in [-0.39, 0.29) is 17.8 Å². The van der Waals surface area contributed by atoms with Crippen LogP contribution >= 0.6 is 0 Å². The van der Waals surface area contributed by atoms with Gasteiger partial charge in [-0.15, -0.1) is 0 Å². The van der Waals surface area contributed by atoms with Gasteiger partial charge in [-0.25, -0.2) is 4.79 Å². The lowest BCUT2D eigenvalue weighted by Gasteiger charge is -2.23. The highest BCUT2D eigenvalue weighted by molar-refractivity contribution is 6.01. The summed E-state index contributed by atoms with van der Waals surface area (Å²) in [6.07, 6.45) is 3.15. The van der Waals surface area contributed by atoms with Crippen molar-refractivity contribution in [3.05, 3.63) is 58.7 Å². The third-order valence-electron chi connectivity index (χ3n) is 5.46. The molecule has 0 aliphatic heterocycles. The molecule has 2 atom stereocenters. The van der Waals surface area contributed by atoms with Crippen LogP contribution in [0.15, 0.2) is 42.0 Å². The Morgan fingerprint density at radius 2 is 1.74 bits per heavy atom. The van der Waals surface area contributed by atoms with Crippen molar-refractivity contribution < 1.29 is 19.1 Å². The second-order valence-corrected chi connectivity index (χ2v) is 7.60. The van der Waals surface area contributed by atoms with Crippen molar-refractivity contribution in [3.63, 3.8) is 0 Å². The van der Waals surface area contributed by atoms with Gasteiger partial charge >= 0.3 is 11.9 Å². The molecule has 2 unspecified atom stereocenters. The lowest BCUT2D eigenvalue weighted by atomic mass is 9.87. The zero-order valence-corrected chi connectivity index (χ0v) is 16.0. The molecular weight excluding hydrogens is 340 g/mol. The minimum Gasteiger partial charge on any atom is -0.426 e. The molecule has 2 aromatic rings. The fourth-order valence-electron chi connectivity index (χ4n) is 4.32. The van der Waals surface area contributed by atoms with Crippen LogP contribution in [0.2, 0.25) is 0 Å². The summed E-state index contributed by atoms with van der Waals surface area (Å²) in [6.45, 7) is 10.8. The Hall–Kier alpha value is -2.88. The van der Waals surface area contributed by atoms with Crippen molar-refractivity contribution in [2.45, 2.75) is 46.0 Å². The quantitative estimate of drug-likeness (QED) is 0.330. The maximum atomic E-state index is 12.4. The van der Waals surface area contributed by atoms with E-state index in [1.807, 2.05) is 25.1 Å². The van der Waals surface area contributed by atoms with Gasteiger partial charge in [-0.05, 0) is 33.3 Å². The fourth-order valence-corrected chi connectivity index (χ4v) is 4.32. The first-order valence-corrected chi connectivity index (χ1v) is 9.12. The van der Waals surface area contributed by atoms with Crippen molar-refractivity contribution in [1.82, 2.24) is 0 Å². The topological polar surface area (TPSA) is 52.6 Å². The standard InChI is InChI=1S/C23H22O4/c1-11(2)23(25)27-21-16-7-6-12(3)8-18(16)22(26-14(5)24)19-15-9-13(4)17(10-15)20(19)21/h6-9,15,17H,1,10H2,2-5H3. The van der Waals surface area contributed by atoms with E-state index in [0.29, 0.717) is 17.1 Å². The second kappa shape index (κ2) is 6.08. The Morgan fingerprint density at radius 1 is 1.04 bits per heavy atom. The number of fused-ring (bicyclic) bond motifs is 6. The molecule has 138 valence electrons. The Bertz CT molecular complexity index is 1060. The fraction of sp³-hybridized carbons (Fsp3) is 0.304. The maximum absolute atomic E-state index is 12.4. The summed E-state index contributed by atoms with van der Waals surface area (Å²) in [5.74, 6) is 0.731. The summed E-state index contributed by atoms with van der Waals surface area (Å²) in [6, 6.07) is 5.89. The van der Waals surface area contributed by atoms with Gasteiger partial charge in [-0.3, -0.25) is 4.79 Å². The summed E-state index contributed by atoms with van der Waals surface area (Å²) in [7, 11) is 0. The average molecular weight is 362 g/mol. The molecule has 4 nitrogen and oxygen atoms in total. The Labute approximate surface area is 158 Å². The van der Waals surface area contributed by atoms with Crippen LogP contribution < -0.4 is 9.47 Å². The van der Waals surface area contributed by atoms with Gasteiger partial charge in [0.2, 0.25) is 0 Å². The minimum atomic E-state index is -0.441. The smallest absolute Gasteiger partial charge is 0.338 e. The zero-order valence-electron chi connectivity index (χ0n) is 16.0. The van der Waals surface area contributed by atoms with Crippen LogP contribution in [0, 0.1) is 6.92 Å². The number of hydrogen-bond donors (Lipinski definition) is 0. The molecule has 2 aliphatic rings. The summed E-state index contributed by atoms with van der Waals surface area (Å²) < 4.78 is 11.5. The lowest BCUT2D eigenvalue weighted by molar-refractivity contribution is -0.132. The van der Waals surface area contributed by atoms with Crippen LogP contribution in [0.25, 0.3) is 10.8 Å². The average Bonchev–Trinajstić information content (AvgIpc) is 3.14. The summed E-state index contributed by atoms with van der Waals surface area (Å²) in [5, 5.41) is 1.58. The number of esters is 2. The molecule has 0 fully saturated rings. The van der Waals surface area contributed by atoms with Gasteiger partial charge in [0, 0.05) is 46.2 Å². The van der Waals surface area contributed by atoms with E-state index in [1.165, 1.54) is 12.5 Å². The number of rotatable bonds is 3. The molecule has 4 rings (SSSR count). The summed E-state index contributed by atoms with van der Waals surface area (Å²) in [5.41, 5.74) is 4.61. The van der Waals surface area contributed by atoms with Gasteiger partial charge in [0.15, 0.2) is 0 Å². The molecule has 27 heavy (non-hydrogen) atoms. The number of benzene rings is 2. The molecule has 0 N–H and O–H groups in total. The number of aryl methyl sites for hydroxylation is 1. The first kappa shape index (κ1) is 17.5. The van der Waals surface area contributed by atoms with Crippen LogP contribution in [0.1, 0.15) is 55.7 Å². The Kier molecular flexibility index (Phi) is 3.95. The molecule has 0 amide bonds. The van der Waals surface area contributed by atoms with Crippen LogP contribution in [-0.2, 0) is 9.59 Å². The molecular formula is C23H22O4. The first-order chi connectivity index (χ1) is 12.8. The molecule has 0 heterocycles. The largest absolute Gasteiger partial charge is 0.426 e. The van der Waals surface area contributed by atoms with E-state index in [4.69, 9.17) is 9.47 Å². The van der Waals surface area contributed by atoms with Crippen molar-refractivity contribution in [1.29, 1.82) is 0 Å². The third kappa shape index (κ3) is 2.67. The molecule has 0 saturated carbocycles. The minimum absolute atomic E-state index is 0.173. The van der Waals surface area contributed by atoms with E-state index in [0.717, 1.165) is 33.9 Å². The number of allylic oxidation sites excluding steroid dienone is 2. The molecule has 0 spiro atoms. The van der Waals surface area contributed by atoms with Gasteiger partial charge < -0.3 is 9.47 Å². The molecule has 2 aliphatic carbocycles. The van der Waals surface area contributed by atoms with Gasteiger partial charge in [0.05, 0.1) is 0 Å². The van der Waals surface area contributed by atoms with Crippen molar-refractivity contribution in [3.8, 4) is 11.5 Å². The monoisotopic (exact) mass is 362 g/mol. The first-order valence-electron chi connectivity index (χ1n) is 9.12. The zero-order chi connectivity index (χ0) is 19.5. The number of carbonyl (C=O) groups is 2. The number of hydrogen-bond acceptors (Lipinski definition) is 4. The normalized spacial score (nSPS) is 19.6. The van der Waals surface area contributed by atoms with Gasteiger partial charge in [-0.1, -0.05) is 35.9 Å². The van der Waals surface area contributed by atoms with E-state index < -0.39 is 5.97 Å². The van der Waals surface area contributed by atoms with Crippen molar-refractivity contribution >= 4 is 22.7 Å². The highest BCUT2D eigenvalue weighted by Gasteiger charge is 2.43. The molecule has 4 heteroatoms. The SMILES string of the molecule is C=C(C)C(=O)Oc1c2c(c(OC(C)=O)c3cc(C)ccc13)C1C=C(C)C2C1. The van der Waals surface area contributed by atoms with Crippen LogP contribution in [0.5, 0.6) is 11.5 Å². The highest BCUT2D eigenvalue weighted by Crippen LogP contribution is 2.60. The Balaban J connectivity index is 2.07. The van der Waals surface area contributed by atoms with E-state index in [2.05, 4.69) is 19.6 Å². The number of carbonyl (C=O) groups excluding carboxylic acids is 2.